The molecule has 0 bridgehead atoms. The molecule has 3 nitrogen and oxygen atoms in total. The second-order valence-corrected chi connectivity index (χ2v) is 6.80. The number of carbonyl (C=O) groups excluding carboxylic acids is 1. The molecule has 2 unspecified atom stereocenters. The second-order valence-electron chi connectivity index (χ2n) is 6.80. The van der Waals surface area contributed by atoms with Gasteiger partial charge in [-0.3, -0.25) is 0 Å². The van der Waals surface area contributed by atoms with Crippen molar-refractivity contribution in [1.82, 2.24) is 10.6 Å². The van der Waals surface area contributed by atoms with Gasteiger partial charge in [-0.1, -0.05) is 41.0 Å². The highest BCUT2D eigenvalue weighted by molar-refractivity contribution is 5.74. The molecule has 1 aliphatic rings. The Morgan fingerprint density at radius 2 is 1.71 bits per heavy atom. The third kappa shape index (κ3) is 4.97. The average Bonchev–Trinajstić information content (AvgIpc) is 2.20. The van der Waals surface area contributed by atoms with Crippen LogP contribution in [-0.4, -0.2) is 18.6 Å². The van der Waals surface area contributed by atoms with Gasteiger partial charge >= 0.3 is 6.03 Å². The van der Waals surface area contributed by atoms with Crippen molar-refractivity contribution in [2.24, 2.45) is 17.3 Å². The molecule has 0 saturated heterocycles. The fourth-order valence-electron chi connectivity index (χ4n) is 2.51. The van der Waals surface area contributed by atoms with Crippen LogP contribution >= 0.6 is 0 Å². The van der Waals surface area contributed by atoms with E-state index in [1.807, 2.05) is 0 Å². The summed E-state index contributed by atoms with van der Waals surface area (Å²) in [5.41, 5.74) is 0.140. The monoisotopic (exact) mass is 240 g/mol. The first kappa shape index (κ1) is 14.3. The first-order valence-corrected chi connectivity index (χ1v) is 6.84. The van der Waals surface area contributed by atoms with Crippen molar-refractivity contribution in [3.63, 3.8) is 0 Å². The standard InChI is InChI=1S/C14H28N2O/c1-10-7-6-8-11(2)12(10)16-13(17)15-9-14(3,4)5/h10-12H,6-9H2,1-5H3,(H2,15,16,17). The molecule has 2 amide bonds. The van der Waals surface area contributed by atoms with E-state index in [-0.39, 0.29) is 11.4 Å². The Morgan fingerprint density at radius 1 is 1.18 bits per heavy atom. The van der Waals surface area contributed by atoms with E-state index in [0.717, 1.165) is 0 Å². The SMILES string of the molecule is CC1CCCC(C)C1NC(=O)NCC(C)(C)C. The molecule has 3 heteroatoms. The van der Waals surface area contributed by atoms with Crippen LogP contribution in [0.4, 0.5) is 4.79 Å². The third-order valence-corrected chi connectivity index (χ3v) is 3.62. The zero-order valence-corrected chi connectivity index (χ0v) is 12.0. The average molecular weight is 240 g/mol. The van der Waals surface area contributed by atoms with Gasteiger partial charge in [-0.25, -0.2) is 4.79 Å². The second kappa shape index (κ2) is 5.74. The lowest BCUT2D eigenvalue weighted by Gasteiger charge is -2.35. The number of hydrogen-bond donors (Lipinski definition) is 2. The van der Waals surface area contributed by atoms with E-state index in [1.165, 1.54) is 19.3 Å². The lowest BCUT2D eigenvalue weighted by Crippen LogP contribution is -2.50. The van der Waals surface area contributed by atoms with Gasteiger partial charge in [-0.2, -0.15) is 0 Å². The Labute approximate surface area is 106 Å². The largest absolute Gasteiger partial charge is 0.338 e. The van der Waals surface area contributed by atoms with Crippen LogP contribution in [-0.2, 0) is 0 Å². The number of rotatable bonds is 2. The highest BCUT2D eigenvalue weighted by Crippen LogP contribution is 2.28. The smallest absolute Gasteiger partial charge is 0.315 e. The van der Waals surface area contributed by atoms with Gasteiger partial charge in [0.1, 0.15) is 0 Å². The molecule has 2 atom stereocenters. The number of carbonyl (C=O) groups is 1. The molecule has 0 radical (unpaired) electrons. The molecule has 100 valence electrons. The highest BCUT2D eigenvalue weighted by atomic mass is 16.2. The minimum Gasteiger partial charge on any atom is -0.338 e. The lowest BCUT2D eigenvalue weighted by atomic mass is 9.79. The Balaban J connectivity index is 2.39. The van der Waals surface area contributed by atoms with Gasteiger partial charge in [0, 0.05) is 12.6 Å². The summed E-state index contributed by atoms with van der Waals surface area (Å²) in [5, 5.41) is 6.10. The maximum Gasteiger partial charge on any atom is 0.315 e. The van der Waals surface area contributed by atoms with Crippen LogP contribution in [0.2, 0.25) is 0 Å². The third-order valence-electron chi connectivity index (χ3n) is 3.62. The summed E-state index contributed by atoms with van der Waals surface area (Å²) in [6.45, 7) is 11.6. The molecule has 0 aromatic rings. The fourth-order valence-corrected chi connectivity index (χ4v) is 2.51. The maximum atomic E-state index is 11.8. The van der Waals surface area contributed by atoms with E-state index in [4.69, 9.17) is 0 Å². The van der Waals surface area contributed by atoms with E-state index in [1.54, 1.807) is 0 Å². The van der Waals surface area contributed by atoms with Gasteiger partial charge in [-0.15, -0.1) is 0 Å². The molecular weight excluding hydrogens is 212 g/mol. The lowest BCUT2D eigenvalue weighted by molar-refractivity contribution is 0.192. The van der Waals surface area contributed by atoms with E-state index < -0.39 is 0 Å². The normalized spacial score (nSPS) is 29.8. The summed E-state index contributed by atoms with van der Waals surface area (Å²) in [6.07, 6.45) is 3.76. The predicted molar refractivity (Wildman–Crippen MR) is 72.0 cm³/mol. The summed E-state index contributed by atoms with van der Waals surface area (Å²) in [5.74, 6) is 1.19. The number of nitrogens with one attached hydrogen (secondary N) is 2. The predicted octanol–water partition coefficient (Wildman–Crippen LogP) is 3.16. The first-order valence-electron chi connectivity index (χ1n) is 6.84. The highest BCUT2D eigenvalue weighted by Gasteiger charge is 2.28. The van der Waals surface area contributed by atoms with E-state index >= 15 is 0 Å². The molecular formula is C14H28N2O. The molecule has 1 aliphatic carbocycles. The first-order chi connectivity index (χ1) is 7.79. The van der Waals surface area contributed by atoms with Crippen molar-refractivity contribution in [3.05, 3.63) is 0 Å². The van der Waals surface area contributed by atoms with Crippen LogP contribution in [0.25, 0.3) is 0 Å². The van der Waals surface area contributed by atoms with Crippen LogP contribution in [0, 0.1) is 17.3 Å². The quantitative estimate of drug-likeness (QED) is 0.765. The van der Waals surface area contributed by atoms with Crippen LogP contribution in [0.1, 0.15) is 53.9 Å². The summed E-state index contributed by atoms with van der Waals surface area (Å²) in [6, 6.07) is 0.328. The summed E-state index contributed by atoms with van der Waals surface area (Å²) in [7, 11) is 0. The van der Waals surface area contributed by atoms with E-state index in [9.17, 15) is 4.79 Å². The summed E-state index contributed by atoms with van der Waals surface area (Å²) < 4.78 is 0. The number of hydrogen-bond acceptors (Lipinski definition) is 1. The van der Waals surface area contributed by atoms with Crippen molar-refractivity contribution < 1.29 is 4.79 Å². The maximum absolute atomic E-state index is 11.8. The summed E-state index contributed by atoms with van der Waals surface area (Å²) in [4.78, 5) is 11.8. The zero-order valence-electron chi connectivity index (χ0n) is 12.0. The van der Waals surface area contributed by atoms with Crippen molar-refractivity contribution in [1.29, 1.82) is 0 Å². The molecule has 0 aromatic heterocycles. The summed E-state index contributed by atoms with van der Waals surface area (Å²) >= 11 is 0. The molecule has 1 rings (SSSR count). The minimum absolute atomic E-state index is 0.00877. The molecule has 1 saturated carbocycles. The Bertz CT molecular complexity index is 247. The van der Waals surface area contributed by atoms with E-state index in [2.05, 4.69) is 45.3 Å². The molecule has 0 heterocycles. The molecule has 0 aromatic carbocycles. The van der Waals surface area contributed by atoms with Crippen LogP contribution in [0.5, 0.6) is 0 Å². The van der Waals surface area contributed by atoms with Crippen molar-refractivity contribution in [2.45, 2.75) is 59.9 Å². The van der Waals surface area contributed by atoms with Crippen LogP contribution in [0.15, 0.2) is 0 Å². The number of urea groups is 1. The van der Waals surface area contributed by atoms with Gasteiger partial charge in [0.2, 0.25) is 0 Å². The van der Waals surface area contributed by atoms with E-state index in [0.29, 0.717) is 24.4 Å². The van der Waals surface area contributed by atoms with Crippen LogP contribution in [0.3, 0.4) is 0 Å². The van der Waals surface area contributed by atoms with Crippen molar-refractivity contribution in [2.75, 3.05) is 6.54 Å². The molecule has 2 N–H and O–H groups in total. The number of amides is 2. The zero-order chi connectivity index (χ0) is 13.1. The molecule has 17 heavy (non-hydrogen) atoms. The Kier molecular flexibility index (Phi) is 4.84. The van der Waals surface area contributed by atoms with Gasteiger partial charge in [0.05, 0.1) is 0 Å². The van der Waals surface area contributed by atoms with Gasteiger partial charge in [0.15, 0.2) is 0 Å². The molecule has 0 spiro atoms. The molecule has 1 fully saturated rings. The van der Waals surface area contributed by atoms with Gasteiger partial charge in [0.25, 0.3) is 0 Å². The Morgan fingerprint density at radius 3 is 2.18 bits per heavy atom. The van der Waals surface area contributed by atoms with Crippen LogP contribution < -0.4 is 10.6 Å². The van der Waals surface area contributed by atoms with Crippen molar-refractivity contribution in [3.8, 4) is 0 Å². The fraction of sp³-hybridized carbons (Fsp3) is 0.929. The molecule has 0 aliphatic heterocycles. The Hall–Kier alpha value is -0.730. The minimum atomic E-state index is -0.00877. The van der Waals surface area contributed by atoms with Gasteiger partial charge < -0.3 is 10.6 Å². The topological polar surface area (TPSA) is 41.1 Å². The van der Waals surface area contributed by atoms with Crippen molar-refractivity contribution >= 4 is 6.03 Å². The van der Waals surface area contributed by atoms with Gasteiger partial charge in [-0.05, 0) is 30.1 Å².